The molecule has 2 nitrogen and oxygen atoms in total. The van der Waals surface area contributed by atoms with Crippen LogP contribution in [0.1, 0.15) is 65.2 Å². The van der Waals surface area contributed by atoms with Crippen LogP contribution in [0.3, 0.4) is 0 Å². The summed E-state index contributed by atoms with van der Waals surface area (Å²) in [4.78, 5) is 0. The molecule has 2 heteroatoms. The SMILES string of the molecule is CC(C)CCCOCCNC1CCCCCC1. The summed E-state index contributed by atoms with van der Waals surface area (Å²) in [5.41, 5.74) is 0. The van der Waals surface area contributed by atoms with Crippen LogP contribution in [0.4, 0.5) is 0 Å². The van der Waals surface area contributed by atoms with E-state index in [4.69, 9.17) is 4.74 Å². The summed E-state index contributed by atoms with van der Waals surface area (Å²) < 4.78 is 5.64. The van der Waals surface area contributed by atoms with Crippen molar-refractivity contribution >= 4 is 0 Å². The molecule has 1 saturated carbocycles. The van der Waals surface area contributed by atoms with Gasteiger partial charge in [0.2, 0.25) is 0 Å². The summed E-state index contributed by atoms with van der Waals surface area (Å²) in [5, 5.41) is 3.64. The molecular weight excluding hydrogens is 210 g/mol. The molecule has 0 aromatic carbocycles. The highest BCUT2D eigenvalue weighted by Gasteiger charge is 2.10. The Hall–Kier alpha value is -0.0800. The van der Waals surface area contributed by atoms with Crippen molar-refractivity contribution in [1.82, 2.24) is 5.32 Å². The van der Waals surface area contributed by atoms with Gasteiger partial charge in [-0.15, -0.1) is 0 Å². The van der Waals surface area contributed by atoms with Crippen molar-refractivity contribution in [2.75, 3.05) is 19.8 Å². The average Bonchev–Trinajstić information content (AvgIpc) is 2.56. The molecule has 0 aromatic rings. The van der Waals surface area contributed by atoms with Crippen LogP contribution >= 0.6 is 0 Å². The third kappa shape index (κ3) is 8.62. The topological polar surface area (TPSA) is 21.3 Å². The number of nitrogens with one attached hydrogen (secondary N) is 1. The summed E-state index contributed by atoms with van der Waals surface area (Å²) in [7, 11) is 0. The minimum absolute atomic E-state index is 0.761. The van der Waals surface area contributed by atoms with Crippen molar-refractivity contribution in [3.05, 3.63) is 0 Å². The molecule has 17 heavy (non-hydrogen) atoms. The maximum Gasteiger partial charge on any atom is 0.0590 e. The lowest BCUT2D eigenvalue weighted by molar-refractivity contribution is 0.127. The fourth-order valence-corrected chi connectivity index (χ4v) is 2.51. The molecule has 0 aliphatic heterocycles. The highest BCUT2D eigenvalue weighted by molar-refractivity contribution is 4.70. The number of ether oxygens (including phenoxy) is 1. The first-order chi connectivity index (χ1) is 8.29. The van der Waals surface area contributed by atoms with Crippen LogP contribution in [-0.2, 0) is 4.74 Å². The Morgan fingerprint density at radius 1 is 1.06 bits per heavy atom. The quantitative estimate of drug-likeness (QED) is 0.516. The van der Waals surface area contributed by atoms with Crippen LogP contribution in [0.2, 0.25) is 0 Å². The van der Waals surface area contributed by atoms with Crippen LogP contribution < -0.4 is 5.32 Å². The van der Waals surface area contributed by atoms with Gasteiger partial charge in [-0.05, 0) is 31.6 Å². The van der Waals surface area contributed by atoms with Gasteiger partial charge in [0.05, 0.1) is 6.61 Å². The van der Waals surface area contributed by atoms with Gasteiger partial charge in [0.25, 0.3) is 0 Å². The molecule has 1 fully saturated rings. The Morgan fingerprint density at radius 2 is 1.76 bits per heavy atom. The van der Waals surface area contributed by atoms with E-state index < -0.39 is 0 Å². The van der Waals surface area contributed by atoms with Crippen molar-refractivity contribution in [3.8, 4) is 0 Å². The van der Waals surface area contributed by atoms with Gasteiger partial charge in [-0.25, -0.2) is 0 Å². The zero-order valence-electron chi connectivity index (χ0n) is 11.8. The van der Waals surface area contributed by atoms with Crippen LogP contribution in [0.15, 0.2) is 0 Å². The molecule has 1 aliphatic carbocycles. The summed E-state index contributed by atoms with van der Waals surface area (Å²) in [6, 6.07) is 0.761. The van der Waals surface area contributed by atoms with Crippen molar-refractivity contribution in [2.45, 2.75) is 71.3 Å². The van der Waals surface area contributed by atoms with E-state index in [1.54, 1.807) is 0 Å². The Bertz CT molecular complexity index is 162. The highest BCUT2D eigenvalue weighted by atomic mass is 16.5. The molecule has 0 amide bonds. The monoisotopic (exact) mass is 241 g/mol. The number of hydrogen-bond acceptors (Lipinski definition) is 2. The zero-order valence-corrected chi connectivity index (χ0v) is 11.8. The van der Waals surface area contributed by atoms with E-state index in [0.717, 1.165) is 31.7 Å². The lowest BCUT2D eigenvalue weighted by atomic mass is 10.1. The van der Waals surface area contributed by atoms with Crippen molar-refractivity contribution in [2.24, 2.45) is 5.92 Å². The van der Waals surface area contributed by atoms with Gasteiger partial charge in [0.15, 0.2) is 0 Å². The fourth-order valence-electron chi connectivity index (χ4n) is 2.51. The molecule has 1 rings (SSSR count). The van der Waals surface area contributed by atoms with E-state index in [2.05, 4.69) is 19.2 Å². The van der Waals surface area contributed by atoms with Crippen LogP contribution in [-0.4, -0.2) is 25.8 Å². The van der Waals surface area contributed by atoms with Gasteiger partial charge in [0.1, 0.15) is 0 Å². The third-order valence-corrected chi connectivity index (χ3v) is 3.60. The summed E-state index contributed by atoms with van der Waals surface area (Å²) in [6.07, 6.45) is 10.9. The molecule has 0 unspecified atom stereocenters. The first-order valence-corrected chi connectivity index (χ1v) is 7.60. The van der Waals surface area contributed by atoms with E-state index in [9.17, 15) is 0 Å². The number of rotatable bonds is 8. The minimum Gasteiger partial charge on any atom is -0.380 e. The second kappa shape index (κ2) is 9.90. The third-order valence-electron chi connectivity index (χ3n) is 3.60. The van der Waals surface area contributed by atoms with E-state index in [-0.39, 0.29) is 0 Å². The molecule has 1 N–H and O–H groups in total. The number of hydrogen-bond donors (Lipinski definition) is 1. The largest absolute Gasteiger partial charge is 0.380 e. The molecule has 0 aromatic heterocycles. The smallest absolute Gasteiger partial charge is 0.0590 e. The van der Waals surface area contributed by atoms with E-state index in [0.29, 0.717) is 0 Å². The van der Waals surface area contributed by atoms with Crippen molar-refractivity contribution in [3.63, 3.8) is 0 Å². The standard InChI is InChI=1S/C15H31NO/c1-14(2)8-7-12-17-13-11-16-15-9-5-3-4-6-10-15/h14-16H,3-13H2,1-2H3. The molecule has 0 bridgehead atoms. The van der Waals surface area contributed by atoms with Gasteiger partial charge in [-0.2, -0.15) is 0 Å². The normalized spacial score (nSPS) is 18.5. The molecular formula is C15H31NO. The van der Waals surface area contributed by atoms with Crippen LogP contribution in [0, 0.1) is 5.92 Å². The molecule has 0 atom stereocenters. The summed E-state index contributed by atoms with van der Waals surface area (Å²) in [6.45, 7) is 7.40. The molecule has 1 aliphatic rings. The Labute approximate surface area is 108 Å². The van der Waals surface area contributed by atoms with Gasteiger partial charge >= 0.3 is 0 Å². The minimum atomic E-state index is 0.761. The Kier molecular flexibility index (Phi) is 8.72. The summed E-state index contributed by atoms with van der Waals surface area (Å²) in [5.74, 6) is 0.808. The van der Waals surface area contributed by atoms with Crippen LogP contribution in [0.5, 0.6) is 0 Å². The van der Waals surface area contributed by atoms with E-state index in [1.807, 2.05) is 0 Å². The first kappa shape index (κ1) is 15.0. The average molecular weight is 241 g/mol. The fraction of sp³-hybridized carbons (Fsp3) is 1.00. The second-order valence-corrected chi connectivity index (χ2v) is 5.79. The molecule has 0 heterocycles. The highest BCUT2D eigenvalue weighted by Crippen LogP contribution is 2.16. The lowest BCUT2D eigenvalue weighted by Crippen LogP contribution is -2.31. The predicted molar refractivity (Wildman–Crippen MR) is 74.4 cm³/mol. The summed E-state index contributed by atoms with van der Waals surface area (Å²) >= 11 is 0. The molecule has 0 radical (unpaired) electrons. The van der Waals surface area contributed by atoms with Gasteiger partial charge in [0, 0.05) is 19.2 Å². The van der Waals surface area contributed by atoms with Crippen LogP contribution in [0.25, 0.3) is 0 Å². The zero-order chi connectivity index (χ0) is 12.3. The van der Waals surface area contributed by atoms with Crippen molar-refractivity contribution < 1.29 is 4.74 Å². The van der Waals surface area contributed by atoms with Gasteiger partial charge < -0.3 is 10.1 Å². The predicted octanol–water partition coefficient (Wildman–Crippen LogP) is 3.75. The Balaban J connectivity index is 1.86. The molecule has 0 saturated heterocycles. The van der Waals surface area contributed by atoms with Gasteiger partial charge in [-0.3, -0.25) is 0 Å². The first-order valence-electron chi connectivity index (χ1n) is 7.60. The van der Waals surface area contributed by atoms with E-state index in [1.165, 1.54) is 51.4 Å². The van der Waals surface area contributed by atoms with E-state index >= 15 is 0 Å². The second-order valence-electron chi connectivity index (χ2n) is 5.79. The maximum atomic E-state index is 5.64. The maximum absolute atomic E-state index is 5.64. The van der Waals surface area contributed by atoms with Gasteiger partial charge in [-0.1, -0.05) is 39.5 Å². The Morgan fingerprint density at radius 3 is 2.41 bits per heavy atom. The van der Waals surface area contributed by atoms with Crippen molar-refractivity contribution in [1.29, 1.82) is 0 Å². The molecule has 102 valence electrons. The lowest BCUT2D eigenvalue weighted by Gasteiger charge is -2.16. The molecule has 0 spiro atoms.